The van der Waals surface area contributed by atoms with Gasteiger partial charge in [0, 0.05) is 26.6 Å². The average molecular weight is 478 g/mol. The van der Waals surface area contributed by atoms with Crippen molar-refractivity contribution < 1.29 is 46.4 Å². The van der Waals surface area contributed by atoms with Crippen molar-refractivity contribution in [2.75, 3.05) is 19.8 Å². The number of ether oxygens (including phenoxy) is 5. The Labute approximate surface area is 182 Å². The molecule has 30 heavy (non-hydrogen) atoms. The van der Waals surface area contributed by atoms with Crippen LogP contribution in [-0.2, 0) is 28.5 Å². The highest BCUT2D eigenvalue weighted by molar-refractivity contribution is 8.23. The summed E-state index contributed by atoms with van der Waals surface area (Å²) in [5.41, 5.74) is 0. The van der Waals surface area contributed by atoms with E-state index in [0.717, 1.165) is 18.7 Å². The molecule has 1 aliphatic rings. The van der Waals surface area contributed by atoms with E-state index in [0.29, 0.717) is 6.61 Å². The van der Waals surface area contributed by atoms with Gasteiger partial charge in [-0.05, 0) is 33.0 Å². The molecule has 1 amide bonds. The fourth-order valence-corrected chi connectivity index (χ4v) is 4.23. The second-order valence-electron chi connectivity index (χ2n) is 6.06. The zero-order valence-corrected chi connectivity index (χ0v) is 18.7. The van der Waals surface area contributed by atoms with Crippen LogP contribution in [0.4, 0.5) is 18.0 Å². The largest absolute Gasteiger partial charge is 0.509 e. The summed E-state index contributed by atoms with van der Waals surface area (Å²) in [5, 5.41) is 1.12. The number of amides is 1. The molecule has 1 saturated heterocycles. The molecule has 1 heterocycles. The van der Waals surface area contributed by atoms with Gasteiger partial charge in [-0.3, -0.25) is 4.79 Å². The summed E-state index contributed by atoms with van der Waals surface area (Å²) >= 11 is 6.16. The lowest BCUT2D eigenvalue weighted by Gasteiger charge is -2.31. The first-order valence-electron chi connectivity index (χ1n) is 9.31. The van der Waals surface area contributed by atoms with Crippen LogP contribution in [0.3, 0.4) is 0 Å². The van der Waals surface area contributed by atoms with Crippen molar-refractivity contribution in [1.29, 1.82) is 0 Å². The van der Waals surface area contributed by atoms with Crippen molar-refractivity contribution in [2.45, 2.75) is 70.1 Å². The van der Waals surface area contributed by atoms with Crippen LogP contribution in [0.5, 0.6) is 0 Å². The summed E-state index contributed by atoms with van der Waals surface area (Å²) in [6.45, 7) is 6.96. The number of nitrogens with one attached hydrogen (secondary N) is 1. The predicted octanol–water partition coefficient (Wildman–Crippen LogP) is 3.17. The number of thioether (sulfide) groups is 1. The number of thiocarbonyl (C=S) groups is 1. The molecular formula is C17H26F3NO7S2. The highest BCUT2D eigenvalue weighted by atomic mass is 32.2. The molecule has 174 valence electrons. The molecule has 0 aromatic carbocycles. The first-order valence-corrected chi connectivity index (χ1v) is 10.6. The number of carbonyl (C=O) groups is 2. The monoisotopic (exact) mass is 477 g/mol. The number of cyclic esters (lactones) is 2. The van der Waals surface area contributed by atoms with Gasteiger partial charge in [-0.2, -0.15) is 13.2 Å². The number of carbonyl (C=O) groups excluding carboxylic acids is 2. The summed E-state index contributed by atoms with van der Waals surface area (Å²) < 4.78 is 66.8. The molecule has 4 atom stereocenters. The fraction of sp³-hybridized carbons (Fsp3) is 0.824. The quantitative estimate of drug-likeness (QED) is 0.274. The lowest BCUT2D eigenvalue weighted by molar-refractivity contribution is -0.182. The van der Waals surface area contributed by atoms with Crippen molar-refractivity contribution >= 4 is 40.4 Å². The van der Waals surface area contributed by atoms with Crippen molar-refractivity contribution in [3.05, 3.63) is 0 Å². The van der Waals surface area contributed by atoms with Crippen LogP contribution in [0.15, 0.2) is 0 Å². The number of rotatable bonds is 11. The Hall–Kier alpha value is -1.31. The van der Waals surface area contributed by atoms with Gasteiger partial charge in [0.2, 0.25) is 10.3 Å². The molecule has 1 N–H and O–H groups in total. The van der Waals surface area contributed by atoms with Crippen molar-refractivity contribution in [2.24, 2.45) is 0 Å². The van der Waals surface area contributed by atoms with E-state index in [2.05, 4.69) is 0 Å². The first-order chi connectivity index (χ1) is 14.0. The van der Waals surface area contributed by atoms with E-state index in [1.165, 1.54) is 0 Å². The Bertz CT molecular complexity index is 588. The summed E-state index contributed by atoms with van der Waals surface area (Å²) in [6.07, 6.45) is -10.2. The molecule has 0 spiro atoms. The minimum absolute atomic E-state index is 0.142. The van der Waals surface area contributed by atoms with Gasteiger partial charge in [-0.15, -0.1) is 0 Å². The third-order valence-corrected chi connectivity index (χ3v) is 5.26. The molecule has 8 nitrogen and oxygen atoms in total. The first kappa shape index (κ1) is 26.7. The maximum atomic E-state index is 13.5. The Morgan fingerprint density at radius 3 is 2.27 bits per heavy atom. The van der Waals surface area contributed by atoms with Gasteiger partial charge >= 0.3 is 12.3 Å². The van der Waals surface area contributed by atoms with E-state index in [1.807, 2.05) is 0 Å². The van der Waals surface area contributed by atoms with Gasteiger partial charge in [0.15, 0.2) is 18.4 Å². The maximum absolute atomic E-state index is 13.5. The van der Waals surface area contributed by atoms with Gasteiger partial charge in [-0.25, -0.2) is 4.79 Å². The van der Waals surface area contributed by atoms with Crippen LogP contribution in [-0.4, -0.2) is 72.2 Å². The van der Waals surface area contributed by atoms with Gasteiger partial charge in [0.05, 0.1) is 11.9 Å². The molecule has 0 radical (unpaired) electrons. The van der Waals surface area contributed by atoms with Crippen LogP contribution in [0.25, 0.3) is 0 Å². The van der Waals surface area contributed by atoms with E-state index in [-0.39, 0.29) is 24.0 Å². The molecule has 0 aromatic heterocycles. The molecule has 0 saturated carbocycles. The number of hydrogen-bond donors (Lipinski definition) is 1. The van der Waals surface area contributed by atoms with Crippen molar-refractivity contribution in [3.8, 4) is 0 Å². The van der Waals surface area contributed by atoms with Gasteiger partial charge in [-0.1, -0.05) is 11.8 Å². The summed E-state index contributed by atoms with van der Waals surface area (Å²) in [4.78, 5) is 23.0. The highest BCUT2D eigenvalue weighted by Crippen LogP contribution is 2.35. The standard InChI is InChI=1S/C17H26F3NO7S2/c1-5-24-14(25-6-2)11(30-16(29)26-7-3)8-10-12(28-15(23)27-10)13(17(18,19)20)21-9(4)22/h10-14H,5-8H2,1-4H3,(H,21,22). The average Bonchev–Trinajstić information content (AvgIpc) is 2.98. The van der Waals surface area contributed by atoms with E-state index < -0.39 is 48.0 Å². The van der Waals surface area contributed by atoms with E-state index >= 15 is 0 Å². The molecule has 0 aliphatic carbocycles. The van der Waals surface area contributed by atoms with Crippen molar-refractivity contribution in [1.82, 2.24) is 5.32 Å². The molecule has 0 aromatic rings. The molecule has 1 rings (SSSR count). The van der Waals surface area contributed by atoms with Crippen LogP contribution >= 0.6 is 24.0 Å². The molecule has 1 fully saturated rings. The lowest BCUT2D eigenvalue weighted by atomic mass is 10.0. The van der Waals surface area contributed by atoms with Crippen molar-refractivity contribution in [3.63, 3.8) is 0 Å². The van der Waals surface area contributed by atoms with Gasteiger partial charge in [0.1, 0.15) is 6.10 Å². The Balaban J connectivity index is 3.13. The normalized spacial score (nSPS) is 21.0. The summed E-state index contributed by atoms with van der Waals surface area (Å²) in [5.74, 6) is -0.927. The number of alkyl halides is 3. The smallest absolute Gasteiger partial charge is 0.479 e. The summed E-state index contributed by atoms with van der Waals surface area (Å²) in [6, 6.07) is -2.44. The molecular weight excluding hydrogens is 451 g/mol. The minimum Gasteiger partial charge on any atom is -0.479 e. The van der Waals surface area contributed by atoms with Crippen LogP contribution in [0.2, 0.25) is 0 Å². The molecule has 4 unspecified atom stereocenters. The molecule has 0 bridgehead atoms. The second-order valence-corrected chi connectivity index (χ2v) is 7.90. The predicted molar refractivity (Wildman–Crippen MR) is 106 cm³/mol. The SMILES string of the molecule is CCOC(=S)SC(CC1OC(=O)OC1C(NC(C)=O)C(F)(F)F)C(OCC)OCC. The van der Waals surface area contributed by atoms with Gasteiger partial charge in [0.25, 0.3) is 0 Å². The maximum Gasteiger partial charge on any atom is 0.509 e. The highest BCUT2D eigenvalue weighted by Gasteiger charge is 2.55. The topological polar surface area (TPSA) is 92.3 Å². The number of hydrogen-bond acceptors (Lipinski definition) is 9. The van der Waals surface area contributed by atoms with E-state index in [4.69, 9.17) is 35.9 Å². The minimum atomic E-state index is -4.87. The van der Waals surface area contributed by atoms with Crippen LogP contribution < -0.4 is 5.32 Å². The number of halogens is 3. The van der Waals surface area contributed by atoms with Gasteiger partial charge < -0.3 is 29.0 Å². The Morgan fingerprint density at radius 2 is 1.80 bits per heavy atom. The summed E-state index contributed by atoms with van der Waals surface area (Å²) in [7, 11) is 0. The van der Waals surface area contributed by atoms with Crippen LogP contribution in [0, 0.1) is 0 Å². The lowest BCUT2D eigenvalue weighted by Crippen LogP contribution is -2.55. The zero-order chi connectivity index (χ0) is 22.9. The third kappa shape index (κ3) is 8.44. The van der Waals surface area contributed by atoms with E-state index in [9.17, 15) is 22.8 Å². The second kappa shape index (κ2) is 12.5. The van der Waals surface area contributed by atoms with Crippen LogP contribution in [0.1, 0.15) is 34.1 Å². The fourth-order valence-electron chi connectivity index (χ4n) is 2.75. The third-order valence-electron chi connectivity index (χ3n) is 3.83. The zero-order valence-electron chi connectivity index (χ0n) is 17.0. The Morgan fingerprint density at radius 1 is 1.20 bits per heavy atom. The molecule has 1 aliphatic heterocycles. The molecule has 13 heteroatoms. The Kier molecular flexibility index (Phi) is 11.2. The van der Waals surface area contributed by atoms with E-state index in [1.54, 1.807) is 26.1 Å².